The molecule has 1 aromatic rings. The van der Waals surface area contributed by atoms with E-state index in [-0.39, 0.29) is 11.6 Å². The minimum absolute atomic E-state index is 0.215. The second-order valence-electron chi connectivity index (χ2n) is 6.26. The van der Waals surface area contributed by atoms with Crippen molar-refractivity contribution in [3.8, 4) is 0 Å². The van der Waals surface area contributed by atoms with Crippen LogP contribution in [0.5, 0.6) is 0 Å². The van der Waals surface area contributed by atoms with Crippen LogP contribution >= 0.6 is 0 Å². The number of hydrogen-bond acceptors (Lipinski definition) is 3. The Balaban J connectivity index is 1.84. The third-order valence-corrected chi connectivity index (χ3v) is 4.45. The zero-order valence-corrected chi connectivity index (χ0v) is 13.9. The van der Waals surface area contributed by atoms with Gasteiger partial charge in [0.1, 0.15) is 0 Å². The van der Waals surface area contributed by atoms with Crippen LogP contribution in [0.4, 0.5) is 0 Å². The molecule has 1 aromatic heterocycles. The summed E-state index contributed by atoms with van der Waals surface area (Å²) in [6.45, 7) is 0.658. The molecule has 1 aliphatic carbocycles. The number of aromatic nitrogens is 2. The van der Waals surface area contributed by atoms with Crippen LogP contribution in [0.25, 0.3) is 6.08 Å². The summed E-state index contributed by atoms with van der Waals surface area (Å²) < 4.78 is 2.35. The first kappa shape index (κ1) is 17.2. The van der Waals surface area contributed by atoms with Crippen molar-refractivity contribution in [1.82, 2.24) is 14.5 Å². The molecule has 0 spiro atoms. The van der Waals surface area contributed by atoms with E-state index in [0.29, 0.717) is 12.1 Å². The second kappa shape index (κ2) is 7.94. The molecule has 1 saturated carbocycles. The average molecular weight is 319 g/mol. The lowest BCUT2D eigenvalue weighted by Crippen LogP contribution is -2.37. The SMILES string of the molecule is Cn1cc(/C=C/C(=O)NCCCC2CCCC2)c(=O)n(C)c1=O. The largest absolute Gasteiger partial charge is 0.353 e. The Hall–Kier alpha value is -2.11. The fraction of sp³-hybridized carbons (Fsp3) is 0.588. The minimum atomic E-state index is -0.404. The third kappa shape index (κ3) is 4.68. The van der Waals surface area contributed by atoms with Gasteiger partial charge in [0.25, 0.3) is 5.56 Å². The molecule has 23 heavy (non-hydrogen) atoms. The average Bonchev–Trinajstić information content (AvgIpc) is 3.05. The topological polar surface area (TPSA) is 73.1 Å². The summed E-state index contributed by atoms with van der Waals surface area (Å²) in [6.07, 6.45) is 11.7. The molecular formula is C17H25N3O3. The number of carbonyl (C=O) groups excluding carboxylic acids is 1. The van der Waals surface area contributed by atoms with E-state index in [2.05, 4.69) is 5.32 Å². The number of amides is 1. The van der Waals surface area contributed by atoms with E-state index < -0.39 is 5.56 Å². The van der Waals surface area contributed by atoms with Gasteiger partial charge in [0.2, 0.25) is 5.91 Å². The van der Waals surface area contributed by atoms with E-state index in [4.69, 9.17) is 0 Å². The van der Waals surface area contributed by atoms with Gasteiger partial charge >= 0.3 is 5.69 Å². The molecule has 0 bridgehead atoms. The standard InChI is InChI=1S/C17H25N3O3/c1-19-12-14(16(22)20(2)17(19)23)9-10-15(21)18-11-5-8-13-6-3-4-7-13/h9-10,12-13H,3-8,11H2,1-2H3,(H,18,21)/b10-9+. The summed E-state index contributed by atoms with van der Waals surface area (Å²) in [4.78, 5) is 35.3. The second-order valence-corrected chi connectivity index (χ2v) is 6.26. The van der Waals surface area contributed by atoms with E-state index >= 15 is 0 Å². The molecule has 0 saturated heterocycles. The first-order valence-corrected chi connectivity index (χ1v) is 8.21. The number of nitrogens with zero attached hydrogens (tertiary/aromatic N) is 2. The number of carbonyl (C=O) groups is 1. The fourth-order valence-corrected chi connectivity index (χ4v) is 3.08. The van der Waals surface area contributed by atoms with Gasteiger partial charge in [0.15, 0.2) is 0 Å². The Morgan fingerprint density at radius 1 is 1.30 bits per heavy atom. The van der Waals surface area contributed by atoms with Gasteiger partial charge in [0.05, 0.1) is 5.56 Å². The molecule has 0 unspecified atom stereocenters. The highest BCUT2D eigenvalue weighted by Crippen LogP contribution is 2.28. The lowest BCUT2D eigenvalue weighted by atomic mass is 10.0. The molecule has 6 nitrogen and oxygen atoms in total. The monoisotopic (exact) mass is 319 g/mol. The van der Waals surface area contributed by atoms with E-state index in [1.165, 1.54) is 62.1 Å². The van der Waals surface area contributed by atoms with Crippen LogP contribution in [-0.4, -0.2) is 21.6 Å². The normalized spacial score (nSPS) is 15.4. The van der Waals surface area contributed by atoms with Crippen molar-refractivity contribution in [3.05, 3.63) is 38.7 Å². The summed E-state index contributed by atoms with van der Waals surface area (Å²) in [6, 6.07) is 0. The van der Waals surface area contributed by atoms with Crippen molar-refractivity contribution in [1.29, 1.82) is 0 Å². The molecule has 2 rings (SSSR count). The maximum absolute atomic E-state index is 11.9. The van der Waals surface area contributed by atoms with Crippen LogP contribution in [-0.2, 0) is 18.9 Å². The molecule has 0 atom stereocenters. The zero-order valence-electron chi connectivity index (χ0n) is 13.9. The van der Waals surface area contributed by atoms with Crippen molar-refractivity contribution in [2.75, 3.05) is 6.54 Å². The lowest BCUT2D eigenvalue weighted by Gasteiger charge is -2.08. The smallest absolute Gasteiger partial charge is 0.330 e. The van der Waals surface area contributed by atoms with Crippen LogP contribution in [0.3, 0.4) is 0 Å². The van der Waals surface area contributed by atoms with E-state index in [0.717, 1.165) is 16.9 Å². The summed E-state index contributed by atoms with van der Waals surface area (Å²) in [5, 5.41) is 2.83. The fourth-order valence-electron chi connectivity index (χ4n) is 3.08. The molecule has 1 fully saturated rings. The van der Waals surface area contributed by atoms with Crippen molar-refractivity contribution < 1.29 is 4.79 Å². The maximum atomic E-state index is 11.9. The van der Waals surface area contributed by atoms with Gasteiger partial charge in [-0.3, -0.25) is 14.2 Å². The van der Waals surface area contributed by atoms with Crippen molar-refractivity contribution in [3.63, 3.8) is 0 Å². The van der Waals surface area contributed by atoms with Gasteiger partial charge in [-0.25, -0.2) is 4.79 Å². The lowest BCUT2D eigenvalue weighted by molar-refractivity contribution is -0.116. The summed E-state index contributed by atoms with van der Waals surface area (Å²) >= 11 is 0. The minimum Gasteiger partial charge on any atom is -0.353 e. The van der Waals surface area contributed by atoms with Crippen LogP contribution in [0, 0.1) is 5.92 Å². The van der Waals surface area contributed by atoms with Crippen LogP contribution in [0.1, 0.15) is 44.1 Å². The Bertz CT molecular complexity index is 694. The Morgan fingerprint density at radius 3 is 2.70 bits per heavy atom. The highest BCUT2D eigenvalue weighted by atomic mass is 16.2. The van der Waals surface area contributed by atoms with Crippen molar-refractivity contribution in [2.45, 2.75) is 38.5 Å². The van der Waals surface area contributed by atoms with Gasteiger partial charge in [-0.15, -0.1) is 0 Å². The molecule has 6 heteroatoms. The molecule has 0 radical (unpaired) electrons. The predicted molar refractivity (Wildman–Crippen MR) is 90.2 cm³/mol. The van der Waals surface area contributed by atoms with E-state index in [9.17, 15) is 14.4 Å². The molecule has 1 amide bonds. The molecular weight excluding hydrogens is 294 g/mol. The zero-order chi connectivity index (χ0) is 16.8. The maximum Gasteiger partial charge on any atom is 0.330 e. The van der Waals surface area contributed by atoms with Crippen molar-refractivity contribution >= 4 is 12.0 Å². The Morgan fingerprint density at radius 2 is 2.00 bits per heavy atom. The number of nitrogens with one attached hydrogen (secondary N) is 1. The molecule has 1 heterocycles. The molecule has 0 aliphatic heterocycles. The van der Waals surface area contributed by atoms with Gasteiger partial charge in [0, 0.05) is 32.9 Å². The molecule has 0 aromatic carbocycles. The van der Waals surface area contributed by atoms with Gasteiger partial charge in [-0.05, 0) is 24.8 Å². The van der Waals surface area contributed by atoms with Crippen LogP contribution in [0.2, 0.25) is 0 Å². The Kier molecular flexibility index (Phi) is 5.96. The Labute approximate surface area is 135 Å². The van der Waals surface area contributed by atoms with Gasteiger partial charge in [-0.1, -0.05) is 25.7 Å². The summed E-state index contributed by atoms with van der Waals surface area (Å²) in [5.41, 5.74) is -0.474. The summed E-state index contributed by atoms with van der Waals surface area (Å²) in [7, 11) is 2.99. The highest BCUT2D eigenvalue weighted by molar-refractivity contribution is 5.91. The summed E-state index contributed by atoms with van der Waals surface area (Å²) in [5.74, 6) is 0.614. The van der Waals surface area contributed by atoms with E-state index in [1.807, 2.05) is 0 Å². The first-order chi connectivity index (χ1) is 11.0. The van der Waals surface area contributed by atoms with Gasteiger partial charge < -0.3 is 9.88 Å². The van der Waals surface area contributed by atoms with Crippen molar-refractivity contribution in [2.24, 2.45) is 20.0 Å². The number of hydrogen-bond donors (Lipinski definition) is 1. The molecule has 1 aliphatic rings. The van der Waals surface area contributed by atoms with Gasteiger partial charge in [-0.2, -0.15) is 0 Å². The van der Waals surface area contributed by atoms with E-state index in [1.54, 1.807) is 7.05 Å². The molecule has 1 N–H and O–H groups in total. The first-order valence-electron chi connectivity index (χ1n) is 8.21. The number of rotatable bonds is 6. The number of aryl methyl sites for hydroxylation is 1. The third-order valence-electron chi connectivity index (χ3n) is 4.45. The van der Waals surface area contributed by atoms with Crippen LogP contribution in [0.15, 0.2) is 21.9 Å². The highest BCUT2D eigenvalue weighted by Gasteiger charge is 2.14. The quantitative estimate of drug-likeness (QED) is 0.632. The predicted octanol–water partition coefficient (Wildman–Crippen LogP) is 1.18. The molecule has 126 valence electrons. The van der Waals surface area contributed by atoms with Crippen LogP contribution < -0.4 is 16.6 Å².